The van der Waals surface area contributed by atoms with Gasteiger partial charge in [0.1, 0.15) is 10.6 Å². The molecule has 9 heteroatoms. The lowest BCUT2D eigenvalue weighted by Gasteiger charge is -2.33. The van der Waals surface area contributed by atoms with Crippen LogP contribution in [0, 0.1) is 13.8 Å². The van der Waals surface area contributed by atoms with Crippen LogP contribution in [-0.4, -0.2) is 61.7 Å². The second-order valence-electron chi connectivity index (χ2n) is 4.74. The maximum Gasteiger partial charge on any atom is 0.409 e. The third-order valence-electron chi connectivity index (χ3n) is 3.33. The van der Waals surface area contributed by atoms with Crippen LogP contribution in [0.3, 0.4) is 0 Å². The third kappa shape index (κ3) is 3.03. The molecule has 2 heterocycles. The average molecular weight is 317 g/mol. The van der Waals surface area contributed by atoms with Crippen LogP contribution in [0.15, 0.2) is 9.42 Å². The molecule has 0 spiro atoms. The highest BCUT2D eigenvalue weighted by Gasteiger charge is 2.34. The number of aryl methyl sites for hydroxylation is 2. The molecule has 1 aromatic heterocycles. The van der Waals surface area contributed by atoms with Crippen molar-refractivity contribution in [1.29, 1.82) is 0 Å². The number of piperazine rings is 1. The molecule has 1 fully saturated rings. The number of hydrogen-bond acceptors (Lipinski definition) is 6. The summed E-state index contributed by atoms with van der Waals surface area (Å²) in [6, 6.07) is 0. The van der Waals surface area contributed by atoms with E-state index in [-0.39, 0.29) is 23.7 Å². The van der Waals surface area contributed by atoms with Crippen LogP contribution in [0.4, 0.5) is 4.79 Å². The first kappa shape index (κ1) is 15.8. The lowest BCUT2D eigenvalue weighted by Crippen LogP contribution is -2.50. The number of aromatic nitrogens is 1. The molecule has 2 rings (SSSR count). The molecular formula is C12H19N3O5S. The van der Waals surface area contributed by atoms with Gasteiger partial charge in [-0.15, -0.1) is 0 Å². The summed E-state index contributed by atoms with van der Waals surface area (Å²) >= 11 is 0. The van der Waals surface area contributed by atoms with Crippen LogP contribution in [0.25, 0.3) is 0 Å². The number of carbonyl (C=O) groups excluding carboxylic acids is 1. The summed E-state index contributed by atoms with van der Waals surface area (Å²) in [6.07, 6.45) is -0.410. The summed E-state index contributed by atoms with van der Waals surface area (Å²) in [5, 5.41) is 3.68. The molecule has 0 aromatic carbocycles. The molecule has 0 unspecified atom stereocenters. The lowest BCUT2D eigenvalue weighted by molar-refractivity contribution is 0.0934. The monoisotopic (exact) mass is 317 g/mol. The summed E-state index contributed by atoms with van der Waals surface area (Å²) in [6.45, 7) is 6.27. The van der Waals surface area contributed by atoms with E-state index >= 15 is 0 Å². The smallest absolute Gasteiger partial charge is 0.409 e. The highest BCUT2D eigenvalue weighted by molar-refractivity contribution is 7.89. The molecule has 0 bridgehead atoms. The van der Waals surface area contributed by atoms with Crippen molar-refractivity contribution in [3.63, 3.8) is 0 Å². The minimum atomic E-state index is -3.64. The summed E-state index contributed by atoms with van der Waals surface area (Å²) in [7, 11) is -3.64. The van der Waals surface area contributed by atoms with Crippen molar-refractivity contribution in [2.45, 2.75) is 25.7 Å². The molecule has 1 saturated heterocycles. The van der Waals surface area contributed by atoms with Crippen LogP contribution < -0.4 is 0 Å². The maximum absolute atomic E-state index is 12.6. The van der Waals surface area contributed by atoms with Crippen LogP contribution in [0.1, 0.15) is 18.4 Å². The number of carbonyl (C=O) groups is 1. The zero-order valence-electron chi connectivity index (χ0n) is 12.3. The Bertz CT molecular complexity index is 597. The summed E-state index contributed by atoms with van der Waals surface area (Å²) < 4.78 is 36.3. The molecule has 1 aromatic rings. The molecule has 0 radical (unpaired) electrons. The minimum Gasteiger partial charge on any atom is -0.450 e. The van der Waals surface area contributed by atoms with E-state index in [1.54, 1.807) is 20.8 Å². The molecule has 118 valence electrons. The quantitative estimate of drug-likeness (QED) is 0.817. The predicted octanol–water partition coefficient (Wildman–Crippen LogP) is 0.754. The predicted molar refractivity (Wildman–Crippen MR) is 73.3 cm³/mol. The topological polar surface area (TPSA) is 93.0 Å². The zero-order chi connectivity index (χ0) is 15.6. The SMILES string of the molecule is CCOC(=O)N1CCN(S(=O)(=O)c2c(C)noc2C)CC1. The molecule has 0 saturated carbocycles. The van der Waals surface area contributed by atoms with Crippen molar-refractivity contribution in [2.24, 2.45) is 0 Å². The molecule has 0 atom stereocenters. The van der Waals surface area contributed by atoms with Crippen LogP contribution in [0.5, 0.6) is 0 Å². The number of sulfonamides is 1. The van der Waals surface area contributed by atoms with Gasteiger partial charge in [0, 0.05) is 26.2 Å². The van der Waals surface area contributed by atoms with Gasteiger partial charge >= 0.3 is 6.09 Å². The van der Waals surface area contributed by atoms with Crippen molar-refractivity contribution < 1.29 is 22.5 Å². The fraction of sp³-hybridized carbons (Fsp3) is 0.667. The van der Waals surface area contributed by atoms with E-state index in [1.165, 1.54) is 9.21 Å². The maximum atomic E-state index is 12.6. The van der Waals surface area contributed by atoms with E-state index in [0.29, 0.717) is 25.4 Å². The number of amides is 1. The summed E-state index contributed by atoms with van der Waals surface area (Å²) in [5.41, 5.74) is 0.348. The van der Waals surface area contributed by atoms with Crippen molar-refractivity contribution >= 4 is 16.1 Å². The molecule has 1 aliphatic rings. The number of hydrogen-bond donors (Lipinski definition) is 0. The van der Waals surface area contributed by atoms with Crippen LogP contribution >= 0.6 is 0 Å². The van der Waals surface area contributed by atoms with E-state index in [9.17, 15) is 13.2 Å². The molecular weight excluding hydrogens is 298 g/mol. The Balaban J connectivity index is 2.10. The van der Waals surface area contributed by atoms with Gasteiger partial charge in [-0.25, -0.2) is 13.2 Å². The van der Waals surface area contributed by atoms with Gasteiger partial charge in [0.05, 0.1) is 6.61 Å². The number of rotatable bonds is 3. The van der Waals surface area contributed by atoms with E-state index in [0.717, 1.165) is 0 Å². The van der Waals surface area contributed by atoms with E-state index in [2.05, 4.69) is 5.16 Å². The molecule has 1 aliphatic heterocycles. The Morgan fingerprint density at radius 3 is 2.38 bits per heavy atom. The van der Waals surface area contributed by atoms with Gasteiger partial charge in [0.25, 0.3) is 0 Å². The van der Waals surface area contributed by atoms with Crippen LogP contribution in [-0.2, 0) is 14.8 Å². The Labute approximate surface area is 123 Å². The normalized spacial score (nSPS) is 17.0. The third-order valence-corrected chi connectivity index (χ3v) is 5.47. The Hall–Kier alpha value is -1.61. The van der Waals surface area contributed by atoms with Gasteiger partial charge in [0.15, 0.2) is 5.76 Å². The average Bonchev–Trinajstić information content (AvgIpc) is 2.79. The van der Waals surface area contributed by atoms with Gasteiger partial charge in [0.2, 0.25) is 10.0 Å². The summed E-state index contributed by atoms with van der Waals surface area (Å²) in [4.78, 5) is 13.2. The first-order chi connectivity index (χ1) is 9.87. The van der Waals surface area contributed by atoms with Gasteiger partial charge in [-0.05, 0) is 20.8 Å². The number of nitrogens with zero attached hydrogens (tertiary/aromatic N) is 3. The molecule has 0 aliphatic carbocycles. The summed E-state index contributed by atoms with van der Waals surface area (Å²) in [5.74, 6) is 0.278. The van der Waals surface area contributed by atoms with Gasteiger partial charge < -0.3 is 14.2 Å². The van der Waals surface area contributed by atoms with Crippen molar-refractivity contribution in [3.05, 3.63) is 11.5 Å². The molecule has 8 nitrogen and oxygen atoms in total. The first-order valence-electron chi connectivity index (χ1n) is 6.72. The van der Waals surface area contributed by atoms with Gasteiger partial charge in [-0.2, -0.15) is 4.31 Å². The highest BCUT2D eigenvalue weighted by atomic mass is 32.2. The minimum absolute atomic E-state index is 0.118. The second kappa shape index (κ2) is 6.02. The largest absolute Gasteiger partial charge is 0.450 e. The fourth-order valence-corrected chi connectivity index (χ4v) is 4.01. The Morgan fingerprint density at radius 1 is 1.29 bits per heavy atom. The van der Waals surface area contributed by atoms with Crippen LogP contribution in [0.2, 0.25) is 0 Å². The lowest BCUT2D eigenvalue weighted by atomic mass is 10.4. The van der Waals surface area contributed by atoms with E-state index < -0.39 is 16.1 Å². The molecule has 1 amide bonds. The Kier molecular flexibility index (Phi) is 4.52. The van der Waals surface area contributed by atoms with Crippen molar-refractivity contribution in [3.8, 4) is 0 Å². The highest BCUT2D eigenvalue weighted by Crippen LogP contribution is 2.24. The molecule has 0 N–H and O–H groups in total. The first-order valence-corrected chi connectivity index (χ1v) is 8.16. The van der Waals surface area contributed by atoms with Crippen molar-refractivity contribution in [2.75, 3.05) is 32.8 Å². The van der Waals surface area contributed by atoms with Crippen molar-refractivity contribution in [1.82, 2.24) is 14.4 Å². The van der Waals surface area contributed by atoms with Gasteiger partial charge in [-0.1, -0.05) is 5.16 Å². The van der Waals surface area contributed by atoms with Gasteiger partial charge in [-0.3, -0.25) is 0 Å². The Morgan fingerprint density at radius 2 is 1.90 bits per heavy atom. The van der Waals surface area contributed by atoms with E-state index in [4.69, 9.17) is 9.26 Å². The molecule has 21 heavy (non-hydrogen) atoms. The standard InChI is InChI=1S/C12H19N3O5S/c1-4-19-12(16)14-5-7-15(8-6-14)21(17,18)11-9(2)13-20-10(11)3/h4-8H2,1-3H3. The zero-order valence-corrected chi connectivity index (χ0v) is 13.1. The second-order valence-corrected chi connectivity index (χ2v) is 6.62. The number of ether oxygens (including phenoxy) is 1. The fourth-order valence-electron chi connectivity index (χ4n) is 2.30. The van der Waals surface area contributed by atoms with E-state index in [1.807, 2.05) is 0 Å².